The van der Waals surface area contributed by atoms with Gasteiger partial charge in [0.2, 0.25) is 5.91 Å². The monoisotopic (exact) mass is 224 g/mol. The number of carbonyl (C=O) groups excluding carboxylic acids is 1. The first-order valence-corrected chi connectivity index (χ1v) is 6.80. The molecule has 92 valence electrons. The summed E-state index contributed by atoms with van der Waals surface area (Å²) in [4.78, 5) is 12.0. The third-order valence-corrected chi connectivity index (χ3v) is 4.20. The van der Waals surface area contributed by atoms with Gasteiger partial charge in [0.05, 0.1) is 5.92 Å². The third-order valence-electron chi connectivity index (χ3n) is 4.20. The lowest BCUT2D eigenvalue weighted by Gasteiger charge is -2.27. The zero-order chi connectivity index (χ0) is 11.4. The van der Waals surface area contributed by atoms with Crippen molar-refractivity contribution in [3.63, 3.8) is 0 Å². The number of rotatable bonds is 3. The maximum atomic E-state index is 12.0. The normalized spacial score (nSPS) is 31.6. The molecule has 0 aromatic carbocycles. The van der Waals surface area contributed by atoms with Crippen molar-refractivity contribution in [2.75, 3.05) is 6.54 Å². The predicted molar refractivity (Wildman–Crippen MR) is 64.9 cm³/mol. The molecule has 3 N–H and O–H groups in total. The Morgan fingerprint density at radius 3 is 2.50 bits per heavy atom. The van der Waals surface area contributed by atoms with Crippen LogP contribution in [0, 0.1) is 11.8 Å². The van der Waals surface area contributed by atoms with Crippen molar-refractivity contribution in [3.8, 4) is 0 Å². The van der Waals surface area contributed by atoms with Gasteiger partial charge in [0.25, 0.3) is 0 Å². The molecule has 2 unspecified atom stereocenters. The van der Waals surface area contributed by atoms with E-state index in [4.69, 9.17) is 5.73 Å². The Morgan fingerprint density at radius 2 is 1.81 bits per heavy atom. The molecular weight excluding hydrogens is 200 g/mol. The van der Waals surface area contributed by atoms with E-state index in [1.54, 1.807) is 0 Å². The lowest BCUT2D eigenvalue weighted by atomic mass is 9.85. The van der Waals surface area contributed by atoms with Gasteiger partial charge in [0, 0.05) is 12.6 Å². The van der Waals surface area contributed by atoms with Crippen LogP contribution in [0.25, 0.3) is 0 Å². The number of nitrogens with two attached hydrogens (primary N) is 1. The molecule has 16 heavy (non-hydrogen) atoms. The van der Waals surface area contributed by atoms with Crippen LogP contribution in [0.15, 0.2) is 0 Å². The molecule has 2 aliphatic carbocycles. The van der Waals surface area contributed by atoms with Crippen molar-refractivity contribution < 1.29 is 4.79 Å². The van der Waals surface area contributed by atoms with Gasteiger partial charge >= 0.3 is 0 Å². The zero-order valence-corrected chi connectivity index (χ0v) is 10.1. The summed E-state index contributed by atoms with van der Waals surface area (Å²) in [6, 6.07) is 0.0869. The average molecular weight is 224 g/mol. The summed E-state index contributed by atoms with van der Waals surface area (Å²) in [7, 11) is 0. The van der Waals surface area contributed by atoms with Gasteiger partial charge in [0.1, 0.15) is 0 Å². The highest BCUT2D eigenvalue weighted by Gasteiger charge is 2.27. The molecule has 3 heteroatoms. The van der Waals surface area contributed by atoms with Crippen LogP contribution < -0.4 is 11.1 Å². The Morgan fingerprint density at radius 1 is 1.06 bits per heavy atom. The van der Waals surface area contributed by atoms with Crippen molar-refractivity contribution in [2.45, 2.75) is 57.4 Å². The highest BCUT2D eigenvalue weighted by Crippen LogP contribution is 2.26. The summed E-state index contributed by atoms with van der Waals surface area (Å²) < 4.78 is 0. The average Bonchev–Trinajstić information content (AvgIpc) is 2.40. The SMILES string of the molecule is NC1CCCCCC1C(=O)NCC1CCC1. The van der Waals surface area contributed by atoms with Crippen molar-refractivity contribution in [1.29, 1.82) is 0 Å². The van der Waals surface area contributed by atoms with Gasteiger partial charge in [-0.2, -0.15) is 0 Å². The second-order valence-corrected chi connectivity index (χ2v) is 5.45. The minimum absolute atomic E-state index is 0.0718. The molecule has 0 aromatic heterocycles. The molecular formula is C13H24N2O. The molecule has 0 heterocycles. The summed E-state index contributed by atoms with van der Waals surface area (Å²) in [6.07, 6.45) is 9.50. The predicted octanol–water partition coefficient (Wildman–Crippen LogP) is 1.81. The van der Waals surface area contributed by atoms with Crippen LogP contribution in [0.3, 0.4) is 0 Å². The van der Waals surface area contributed by atoms with Crippen molar-refractivity contribution >= 4 is 5.91 Å². The summed E-state index contributed by atoms with van der Waals surface area (Å²) in [5, 5.41) is 3.09. The standard InChI is InChI=1S/C13H24N2O/c14-12-8-3-1-2-7-11(12)13(16)15-9-10-5-4-6-10/h10-12H,1-9,14H2,(H,15,16). The van der Waals surface area contributed by atoms with Gasteiger partial charge in [-0.3, -0.25) is 4.79 Å². The number of amides is 1. The van der Waals surface area contributed by atoms with Crippen LogP contribution in [0.1, 0.15) is 51.4 Å². The molecule has 0 spiro atoms. The number of carbonyl (C=O) groups is 1. The van der Waals surface area contributed by atoms with Gasteiger partial charge < -0.3 is 11.1 Å². The van der Waals surface area contributed by atoms with Crippen molar-refractivity contribution in [1.82, 2.24) is 5.32 Å². The number of hydrogen-bond acceptors (Lipinski definition) is 2. The molecule has 0 aliphatic heterocycles. The van der Waals surface area contributed by atoms with Gasteiger partial charge in [-0.15, -0.1) is 0 Å². The van der Waals surface area contributed by atoms with Crippen LogP contribution in [-0.4, -0.2) is 18.5 Å². The second-order valence-electron chi connectivity index (χ2n) is 5.45. The fourth-order valence-electron chi connectivity index (χ4n) is 2.73. The molecule has 2 rings (SSSR count). The second kappa shape index (κ2) is 5.67. The zero-order valence-electron chi connectivity index (χ0n) is 10.1. The van der Waals surface area contributed by atoms with Gasteiger partial charge in [-0.05, 0) is 31.6 Å². The Hall–Kier alpha value is -0.570. The Balaban J connectivity index is 1.76. The molecule has 2 aliphatic rings. The van der Waals surface area contributed by atoms with Crippen molar-refractivity contribution in [3.05, 3.63) is 0 Å². The van der Waals surface area contributed by atoms with Crippen LogP contribution in [0.5, 0.6) is 0 Å². The van der Waals surface area contributed by atoms with E-state index in [1.165, 1.54) is 32.1 Å². The molecule has 2 fully saturated rings. The molecule has 0 saturated heterocycles. The molecule has 0 aromatic rings. The molecule has 2 saturated carbocycles. The fourth-order valence-corrected chi connectivity index (χ4v) is 2.73. The van der Waals surface area contributed by atoms with E-state index in [0.717, 1.165) is 31.7 Å². The minimum Gasteiger partial charge on any atom is -0.356 e. The number of nitrogens with one attached hydrogen (secondary N) is 1. The highest BCUT2D eigenvalue weighted by molar-refractivity contribution is 5.79. The van der Waals surface area contributed by atoms with Crippen LogP contribution >= 0.6 is 0 Å². The summed E-state index contributed by atoms with van der Waals surface area (Å²) >= 11 is 0. The smallest absolute Gasteiger partial charge is 0.224 e. The topological polar surface area (TPSA) is 55.1 Å². The summed E-state index contributed by atoms with van der Waals surface area (Å²) in [6.45, 7) is 0.877. The molecule has 3 nitrogen and oxygen atoms in total. The quantitative estimate of drug-likeness (QED) is 0.718. The lowest BCUT2D eigenvalue weighted by Crippen LogP contribution is -2.43. The third kappa shape index (κ3) is 2.97. The van der Waals surface area contributed by atoms with E-state index in [2.05, 4.69) is 5.32 Å². The fraction of sp³-hybridized carbons (Fsp3) is 0.923. The van der Waals surface area contributed by atoms with Crippen molar-refractivity contribution in [2.24, 2.45) is 17.6 Å². The lowest BCUT2D eigenvalue weighted by molar-refractivity contribution is -0.126. The van der Waals surface area contributed by atoms with E-state index < -0.39 is 0 Å². The Kier molecular flexibility index (Phi) is 4.22. The van der Waals surface area contributed by atoms with Gasteiger partial charge in [-0.1, -0.05) is 25.7 Å². The van der Waals surface area contributed by atoms with E-state index >= 15 is 0 Å². The Bertz CT molecular complexity index is 238. The molecule has 0 bridgehead atoms. The highest BCUT2D eigenvalue weighted by atomic mass is 16.1. The molecule has 1 amide bonds. The maximum absolute atomic E-state index is 12.0. The first-order chi connectivity index (χ1) is 7.77. The van der Waals surface area contributed by atoms with Gasteiger partial charge in [-0.25, -0.2) is 0 Å². The van der Waals surface area contributed by atoms with E-state index in [9.17, 15) is 4.79 Å². The minimum atomic E-state index is 0.0718. The van der Waals surface area contributed by atoms with E-state index in [-0.39, 0.29) is 17.9 Å². The van der Waals surface area contributed by atoms with E-state index in [1.807, 2.05) is 0 Å². The number of hydrogen-bond donors (Lipinski definition) is 2. The summed E-state index contributed by atoms with van der Waals surface area (Å²) in [5.41, 5.74) is 6.07. The first-order valence-electron chi connectivity index (χ1n) is 6.80. The van der Waals surface area contributed by atoms with Crippen LogP contribution in [0.4, 0.5) is 0 Å². The Labute approximate surface area is 98.2 Å². The molecule has 2 atom stereocenters. The maximum Gasteiger partial charge on any atom is 0.224 e. The first kappa shape index (κ1) is 11.9. The van der Waals surface area contributed by atoms with Gasteiger partial charge in [0.15, 0.2) is 0 Å². The largest absolute Gasteiger partial charge is 0.356 e. The van der Waals surface area contributed by atoms with E-state index in [0.29, 0.717) is 0 Å². The van der Waals surface area contributed by atoms with Crippen LogP contribution in [-0.2, 0) is 4.79 Å². The molecule has 0 radical (unpaired) electrons. The summed E-state index contributed by atoms with van der Waals surface area (Å²) in [5.74, 6) is 1.02. The van der Waals surface area contributed by atoms with Crippen LogP contribution in [0.2, 0.25) is 0 Å².